The summed E-state index contributed by atoms with van der Waals surface area (Å²) >= 11 is 0. The molecule has 0 aliphatic heterocycles. The summed E-state index contributed by atoms with van der Waals surface area (Å²) in [6.07, 6.45) is 1.94. The Balaban J connectivity index is 2.74. The summed E-state index contributed by atoms with van der Waals surface area (Å²) in [7, 11) is 1.99. The van der Waals surface area contributed by atoms with E-state index < -0.39 is 0 Å². The number of aryl methyl sites for hydroxylation is 2. The molecule has 1 aromatic carbocycles. The van der Waals surface area contributed by atoms with Crippen LogP contribution in [0.1, 0.15) is 30.9 Å². The molecule has 0 saturated carbocycles. The summed E-state index contributed by atoms with van der Waals surface area (Å²) in [6, 6.07) is 4.49. The second-order valence-electron chi connectivity index (χ2n) is 4.20. The molecule has 14 heavy (non-hydrogen) atoms. The molecule has 2 aromatic rings. The Morgan fingerprint density at radius 3 is 2.64 bits per heavy atom. The van der Waals surface area contributed by atoms with Crippen molar-refractivity contribution in [2.75, 3.05) is 0 Å². The summed E-state index contributed by atoms with van der Waals surface area (Å²) in [4.78, 5) is 0. The average molecular weight is 188 g/mol. The molecule has 0 aliphatic carbocycles. The lowest BCUT2D eigenvalue weighted by molar-refractivity contribution is 0.794. The zero-order valence-corrected chi connectivity index (χ0v) is 9.20. The molecule has 0 radical (unpaired) electrons. The van der Waals surface area contributed by atoms with Gasteiger partial charge >= 0.3 is 0 Å². The van der Waals surface area contributed by atoms with Gasteiger partial charge in [-0.05, 0) is 30.0 Å². The molecule has 0 bridgehead atoms. The van der Waals surface area contributed by atoms with Gasteiger partial charge in [0.25, 0.3) is 0 Å². The number of benzene rings is 1. The standard InChI is InChI=1S/C12H16N2/c1-8(2)10-5-9(3)12-11(6-10)7-13-14(12)4/h5-8H,1-4H3. The van der Waals surface area contributed by atoms with Crippen LogP contribution in [-0.4, -0.2) is 9.78 Å². The van der Waals surface area contributed by atoms with E-state index in [1.54, 1.807) is 0 Å². The van der Waals surface area contributed by atoms with E-state index in [-0.39, 0.29) is 0 Å². The van der Waals surface area contributed by atoms with Gasteiger partial charge in [0, 0.05) is 12.4 Å². The molecule has 0 saturated heterocycles. The summed E-state index contributed by atoms with van der Waals surface area (Å²) in [5, 5.41) is 5.52. The van der Waals surface area contributed by atoms with Crippen molar-refractivity contribution in [1.82, 2.24) is 9.78 Å². The Hall–Kier alpha value is -1.31. The van der Waals surface area contributed by atoms with Crippen LogP contribution in [0, 0.1) is 6.92 Å². The third-order valence-corrected chi connectivity index (χ3v) is 2.71. The minimum atomic E-state index is 0.582. The number of hydrogen-bond acceptors (Lipinski definition) is 1. The van der Waals surface area contributed by atoms with Crippen LogP contribution >= 0.6 is 0 Å². The van der Waals surface area contributed by atoms with Crippen LogP contribution in [0.25, 0.3) is 10.9 Å². The summed E-state index contributed by atoms with van der Waals surface area (Å²) < 4.78 is 1.94. The summed E-state index contributed by atoms with van der Waals surface area (Å²) in [5.41, 5.74) is 3.95. The van der Waals surface area contributed by atoms with Crippen LogP contribution in [0.3, 0.4) is 0 Å². The first-order chi connectivity index (χ1) is 6.59. The van der Waals surface area contributed by atoms with Crippen molar-refractivity contribution in [3.63, 3.8) is 0 Å². The van der Waals surface area contributed by atoms with Crippen molar-refractivity contribution >= 4 is 10.9 Å². The third kappa shape index (κ3) is 1.31. The van der Waals surface area contributed by atoms with Crippen LogP contribution in [0.4, 0.5) is 0 Å². The van der Waals surface area contributed by atoms with Gasteiger partial charge in [0.1, 0.15) is 0 Å². The highest BCUT2D eigenvalue weighted by Crippen LogP contribution is 2.24. The first-order valence-corrected chi connectivity index (χ1v) is 5.02. The van der Waals surface area contributed by atoms with E-state index in [0.717, 1.165) is 0 Å². The van der Waals surface area contributed by atoms with Gasteiger partial charge in [-0.25, -0.2) is 0 Å². The number of nitrogens with zero attached hydrogens (tertiary/aromatic N) is 2. The maximum atomic E-state index is 4.27. The highest BCUT2D eigenvalue weighted by atomic mass is 15.2. The first-order valence-electron chi connectivity index (χ1n) is 5.02. The van der Waals surface area contributed by atoms with E-state index in [9.17, 15) is 0 Å². The Morgan fingerprint density at radius 2 is 2.00 bits per heavy atom. The molecule has 2 heteroatoms. The Labute approximate surface area is 84.5 Å². The maximum absolute atomic E-state index is 4.27. The SMILES string of the molecule is Cc1cc(C(C)C)cc2cnn(C)c12. The van der Waals surface area contributed by atoms with E-state index in [1.165, 1.54) is 22.0 Å². The average Bonchev–Trinajstić information content (AvgIpc) is 2.48. The zero-order valence-electron chi connectivity index (χ0n) is 9.20. The lowest BCUT2D eigenvalue weighted by atomic mass is 9.99. The van der Waals surface area contributed by atoms with Crippen LogP contribution < -0.4 is 0 Å². The van der Waals surface area contributed by atoms with Crippen molar-refractivity contribution in [1.29, 1.82) is 0 Å². The van der Waals surface area contributed by atoms with Crippen molar-refractivity contribution in [2.45, 2.75) is 26.7 Å². The van der Waals surface area contributed by atoms with E-state index >= 15 is 0 Å². The lowest BCUT2D eigenvalue weighted by Gasteiger charge is -2.08. The van der Waals surface area contributed by atoms with Crippen molar-refractivity contribution in [3.05, 3.63) is 29.5 Å². The van der Waals surface area contributed by atoms with Crippen LogP contribution in [0.15, 0.2) is 18.3 Å². The predicted octanol–water partition coefficient (Wildman–Crippen LogP) is 3.01. The summed E-state index contributed by atoms with van der Waals surface area (Å²) in [6.45, 7) is 6.59. The molecule has 2 nitrogen and oxygen atoms in total. The molecule has 0 spiro atoms. The van der Waals surface area contributed by atoms with Gasteiger partial charge in [-0.3, -0.25) is 4.68 Å². The van der Waals surface area contributed by atoms with Crippen LogP contribution in [-0.2, 0) is 7.05 Å². The minimum absolute atomic E-state index is 0.582. The van der Waals surface area contributed by atoms with Crippen molar-refractivity contribution in [2.24, 2.45) is 7.05 Å². The maximum Gasteiger partial charge on any atom is 0.0708 e. The molecule has 0 fully saturated rings. The first kappa shape index (κ1) is 9.25. The lowest BCUT2D eigenvalue weighted by Crippen LogP contribution is -1.93. The molecule has 2 rings (SSSR count). The third-order valence-electron chi connectivity index (χ3n) is 2.71. The molecule has 0 N–H and O–H groups in total. The molecule has 0 unspecified atom stereocenters. The van der Waals surface area contributed by atoms with E-state index in [1.807, 2.05) is 17.9 Å². The Morgan fingerprint density at radius 1 is 1.29 bits per heavy atom. The minimum Gasteiger partial charge on any atom is -0.268 e. The highest BCUT2D eigenvalue weighted by Gasteiger charge is 2.06. The fraction of sp³-hybridized carbons (Fsp3) is 0.417. The van der Waals surface area contributed by atoms with Gasteiger partial charge in [-0.1, -0.05) is 19.9 Å². The number of rotatable bonds is 1. The fourth-order valence-electron chi connectivity index (χ4n) is 1.92. The molecule has 74 valence electrons. The number of aromatic nitrogens is 2. The number of hydrogen-bond donors (Lipinski definition) is 0. The van der Waals surface area contributed by atoms with Gasteiger partial charge in [0.15, 0.2) is 0 Å². The van der Waals surface area contributed by atoms with Gasteiger partial charge in [-0.2, -0.15) is 5.10 Å². The fourth-order valence-corrected chi connectivity index (χ4v) is 1.92. The zero-order chi connectivity index (χ0) is 10.3. The monoisotopic (exact) mass is 188 g/mol. The Kier molecular flexibility index (Phi) is 2.06. The highest BCUT2D eigenvalue weighted by molar-refractivity contribution is 5.82. The Bertz CT molecular complexity index is 466. The molecular weight excluding hydrogens is 172 g/mol. The largest absolute Gasteiger partial charge is 0.268 e. The molecule has 1 heterocycles. The number of fused-ring (bicyclic) bond motifs is 1. The molecule has 0 amide bonds. The molecule has 0 aliphatic rings. The van der Waals surface area contributed by atoms with Gasteiger partial charge in [-0.15, -0.1) is 0 Å². The van der Waals surface area contributed by atoms with Crippen LogP contribution in [0.2, 0.25) is 0 Å². The van der Waals surface area contributed by atoms with E-state index in [0.29, 0.717) is 5.92 Å². The van der Waals surface area contributed by atoms with E-state index in [2.05, 4.69) is 38.0 Å². The van der Waals surface area contributed by atoms with Gasteiger partial charge < -0.3 is 0 Å². The topological polar surface area (TPSA) is 17.8 Å². The van der Waals surface area contributed by atoms with Crippen molar-refractivity contribution in [3.8, 4) is 0 Å². The normalized spacial score (nSPS) is 11.5. The molecule has 0 atom stereocenters. The quantitative estimate of drug-likeness (QED) is 0.672. The van der Waals surface area contributed by atoms with Gasteiger partial charge in [0.2, 0.25) is 0 Å². The van der Waals surface area contributed by atoms with Gasteiger partial charge in [0.05, 0.1) is 11.7 Å². The predicted molar refractivity (Wildman–Crippen MR) is 59.5 cm³/mol. The molecular formula is C12H16N2. The van der Waals surface area contributed by atoms with Crippen molar-refractivity contribution < 1.29 is 0 Å². The smallest absolute Gasteiger partial charge is 0.0708 e. The van der Waals surface area contributed by atoms with E-state index in [4.69, 9.17) is 0 Å². The molecule has 1 aromatic heterocycles. The summed E-state index contributed by atoms with van der Waals surface area (Å²) in [5.74, 6) is 0.582. The second-order valence-corrected chi connectivity index (χ2v) is 4.20. The van der Waals surface area contributed by atoms with Crippen LogP contribution in [0.5, 0.6) is 0 Å². The second kappa shape index (κ2) is 3.12.